The Balaban J connectivity index is 0.00000242. The Morgan fingerprint density at radius 2 is 1.82 bits per heavy atom. The van der Waals surface area contributed by atoms with Crippen LogP contribution in [0.25, 0.3) is 0 Å². The smallest absolute Gasteiger partial charge is 0.246 e. The molecule has 0 saturated carbocycles. The molecule has 1 heterocycles. The van der Waals surface area contributed by atoms with Crippen molar-refractivity contribution < 1.29 is 14.7 Å². The first-order chi connectivity index (χ1) is 9.86. The normalized spacial score (nSPS) is 16.8. The molecule has 1 aliphatic rings. The maximum absolute atomic E-state index is 12.5. The van der Waals surface area contributed by atoms with Gasteiger partial charge in [-0.05, 0) is 57.0 Å². The van der Waals surface area contributed by atoms with Crippen molar-refractivity contribution in [2.75, 3.05) is 20.6 Å². The quantitative estimate of drug-likeness (QED) is 0.549. The number of benzene rings is 1. The van der Waals surface area contributed by atoms with Crippen LogP contribution >= 0.6 is 24.6 Å². The average molecular weight is 344 g/mol. The molecule has 0 unspecified atom stereocenters. The highest BCUT2D eigenvalue weighted by Gasteiger charge is 2.50. The molecule has 6 nitrogen and oxygen atoms in total. The van der Waals surface area contributed by atoms with Gasteiger partial charge in [0.25, 0.3) is 0 Å². The maximum Gasteiger partial charge on any atom is 0.246 e. The Labute approximate surface area is 140 Å². The van der Waals surface area contributed by atoms with Crippen molar-refractivity contribution in [1.82, 2.24) is 15.5 Å². The molecule has 22 heavy (non-hydrogen) atoms. The number of phenols is 1. The van der Waals surface area contributed by atoms with Gasteiger partial charge in [-0.2, -0.15) is 0 Å². The predicted molar refractivity (Wildman–Crippen MR) is 89.1 cm³/mol. The van der Waals surface area contributed by atoms with Gasteiger partial charge in [0.1, 0.15) is 5.75 Å². The van der Waals surface area contributed by atoms with Crippen molar-refractivity contribution in [3.63, 3.8) is 0 Å². The zero-order chi connectivity index (χ0) is 15.6. The van der Waals surface area contributed by atoms with E-state index in [4.69, 9.17) is 12.2 Å². The Kier molecular flexibility index (Phi) is 5.87. The molecule has 2 rings (SSSR count). The lowest BCUT2D eigenvalue weighted by atomic mass is 9.74. The Bertz CT molecular complexity index is 587. The van der Waals surface area contributed by atoms with Gasteiger partial charge >= 0.3 is 0 Å². The molecule has 0 bridgehead atoms. The molecule has 0 radical (unpaired) electrons. The summed E-state index contributed by atoms with van der Waals surface area (Å²) in [6.07, 6.45) is 0.281. The topological polar surface area (TPSA) is 81.7 Å². The second kappa shape index (κ2) is 7.04. The number of nitrogens with zero attached hydrogens (tertiary/aromatic N) is 1. The standard InChI is InChI=1S/C14H17N3O3S.ClH/c1-17(2)7-6-14(9-4-3-5-10(18)8-9)11(19)15-13(21)16-12(14)20;/h3-5,8,18H,6-7H2,1-2H3,(H2,15,16,19,20,21);1H. The second-order valence-corrected chi connectivity index (χ2v) is 5.65. The van der Waals surface area contributed by atoms with E-state index in [9.17, 15) is 14.7 Å². The van der Waals surface area contributed by atoms with Crippen molar-refractivity contribution >= 4 is 41.6 Å². The van der Waals surface area contributed by atoms with Crippen LogP contribution < -0.4 is 10.6 Å². The second-order valence-electron chi connectivity index (χ2n) is 5.25. The summed E-state index contributed by atoms with van der Waals surface area (Å²) in [4.78, 5) is 26.9. The predicted octanol–water partition coefficient (Wildman–Crippen LogP) is 0.534. The summed E-state index contributed by atoms with van der Waals surface area (Å²) >= 11 is 4.85. The third-order valence-electron chi connectivity index (χ3n) is 3.50. The van der Waals surface area contributed by atoms with Crippen LogP contribution in [0.15, 0.2) is 24.3 Å². The lowest BCUT2D eigenvalue weighted by molar-refractivity contribution is -0.138. The van der Waals surface area contributed by atoms with Crippen molar-refractivity contribution in [2.24, 2.45) is 0 Å². The molecule has 1 fully saturated rings. The summed E-state index contributed by atoms with van der Waals surface area (Å²) in [7, 11) is 3.72. The van der Waals surface area contributed by atoms with Crippen molar-refractivity contribution in [3.05, 3.63) is 29.8 Å². The molecule has 3 N–H and O–H groups in total. The van der Waals surface area contributed by atoms with E-state index in [0.717, 1.165) is 0 Å². The van der Waals surface area contributed by atoms with Gasteiger partial charge in [-0.15, -0.1) is 12.4 Å². The maximum atomic E-state index is 12.5. The minimum absolute atomic E-state index is 0. The number of hydrogen-bond acceptors (Lipinski definition) is 5. The van der Waals surface area contributed by atoms with Gasteiger partial charge in [-0.3, -0.25) is 9.59 Å². The van der Waals surface area contributed by atoms with Gasteiger partial charge in [0, 0.05) is 0 Å². The van der Waals surface area contributed by atoms with E-state index in [1.165, 1.54) is 12.1 Å². The van der Waals surface area contributed by atoms with Crippen molar-refractivity contribution in [3.8, 4) is 5.75 Å². The number of carbonyl (C=O) groups is 2. The molecule has 0 atom stereocenters. The summed E-state index contributed by atoms with van der Waals surface area (Å²) in [5.74, 6) is -0.933. The number of amides is 2. The number of carbonyl (C=O) groups excluding carboxylic acids is 2. The van der Waals surface area contributed by atoms with Crippen molar-refractivity contribution in [2.45, 2.75) is 11.8 Å². The number of halogens is 1. The molecule has 0 aromatic heterocycles. The highest BCUT2D eigenvalue weighted by Crippen LogP contribution is 2.32. The molecule has 0 spiro atoms. The fraction of sp³-hybridized carbons (Fsp3) is 0.357. The van der Waals surface area contributed by atoms with Crippen molar-refractivity contribution in [1.29, 1.82) is 0 Å². The third-order valence-corrected chi connectivity index (χ3v) is 3.71. The molecule has 8 heteroatoms. The number of nitrogens with one attached hydrogen (secondary N) is 2. The summed E-state index contributed by atoms with van der Waals surface area (Å²) in [6, 6.07) is 6.19. The first kappa shape index (κ1) is 18.3. The van der Waals surface area contributed by atoms with Gasteiger partial charge in [0.05, 0.1) is 0 Å². The Morgan fingerprint density at radius 3 is 2.32 bits per heavy atom. The highest BCUT2D eigenvalue weighted by molar-refractivity contribution is 7.80. The van der Waals surface area contributed by atoms with Crippen LogP contribution in [0.5, 0.6) is 5.75 Å². The number of aromatic hydroxyl groups is 1. The largest absolute Gasteiger partial charge is 0.508 e. The molecule has 1 aromatic carbocycles. The van der Waals surface area contributed by atoms with E-state index in [1.54, 1.807) is 12.1 Å². The lowest BCUT2D eigenvalue weighted by Crippen LogP contribution is -2.65. The van der Waals surface area contributed by atoms with Crippen LogP contribution in [0.2, 0.25) is 0 Å². The van der Waals surface area contributed by atoms with E-state index in [-0.39, 0.29) is 29.7 Å². The highest BCUT2D eigenvalue weighted by atomic mass is 35.5. The number of rotatable bonds is 4. The number of thiocarbonyl (C=S) groups is 1. The zero-order valence-corrected chi connectivity index (χ0v) is 13.9. The fourth-order valence-electron chi connectivity index (χ4n) is 2.35. The summed E-state index contributed by atoms with van der Waals surface area (Å²) in [6.45, 7) is 0.531. The van der Waals surface area contributed by atoms with Crippen LogP contribution in [-0.4, -0.2) is 47.6 Å². The SMILES string of the molecule is CN(C)CCC1(c2cccc(O)c2)C(=O)NC(=S)NC1=O.Cl. The van der Waals surface area contributed by atoms with Gasteiger partial charge in [0.2, 0.25) is 11.8 Å². The minimum Gasteiger partial charge on any atom is -0.508 e. The van der Waals surface area contributed by atoms with Crippen LogP contribution in [0, 0.1) is 0 Å². The van der Waals surface area contributed by atoms with Gasteiger partial charge in [0.15, 0.2) is 10.5 Å². The Hall–Kier alpha value is -1.70. The summed E-state index contributed by atoms with van der Waals surface area (Å²) < 4.78 is 0. The first-order valence-corrected chi connectivity index (χ1v) is 6.88. The zero-order valence-electron chi connectivity index (χ0n) is 12.3. The van der Waals surface area contributed by atoms with Crippen LogP contribution in [0.1, 0.15) is 12.0 Å². The first-order valence-electron chi connectivity index (χ1n) is 6.47. The number of hydrogen-bond donors (Lipinski definition) is 3. The van der Waals surface area contributed by atoms with Crippen LogP contribution in [0.3, 0.4) is 0 Å². The van der Waals surface area contributed by atoms with Gasteiger partial charge in [-0.1, -0.05) is 12.1 Å². The van der Waals surface area contributed by atoms with Gasteiger partial charge < -0.3 is 20.6 Å². The molecular weight excluding hydrogens is 326 g/mol. The molecule has 2 amide bonds. The van der Waals surface area contributed by atoms with E-state index in [1.807, 2.05) is 19.0 Å². The van der Waals surface area contributed by atoms with E-state index < -0.39 is 17.2 Å². The summed E-state index contributed by atoms with van der Waals surface area (Å²) in [5, 5.41) is 14.7. The van der Waals surface area contributed by atoms with E-state index in [2.05, 4.69) is 10.6 Å². The molecular formula is C14H18ClN3O3S. The number of phenolic OH excluding ortho intramolecular Hbond substituents is 1. The van der Waals surface area contributed by atoms with Crippen LogP contribution in [-0.2, 0) is 15.0 Å². The third kappa shape index (κ3) is 3.37. The molecule has 1 aliphatic heterocycles. The Morgan fingerprint density at radius 1 is 1.23 bits per heavy atom. The van der Waals surface area contributed by atoms with E-state index >= 15 is 0 Å². The average Bonchev–Trinajstić information content (AvgIpc) is 2.37. The van der Waals surface area contributed by atoms with Crippen LogP contribution in [0.4, 0.5) is 0 Å². The minimum atomic E-state index is -1.40. The monoisotopic (exact) mass is 343 g/mol. The van der Waals surface area contributed by atoms with E-state index in [0.29, 0.717) is 12.1 Å². The fourth-order valence-corrected chi connectivity index (χ4v) is 2.54. The molecule has 1 aromatic rings. The summed E-state index contributed by atoms with van der Waals surface area (Å²) in [5.41, 5.74) is -0.951. The molecule has 0 aliphatic carbocycles. The van der Waals surface area contributed by atoms with Gasteiger partial charge in [-0.25, -0.2) is 0 Å². The molecule has 1 saturated heterocycles. The lowest BCUT2D eigenvalue weighted by Gasteiger charge is -2.36. The molecule has 120 valence electrons.